The Kier molecular flexibility index (Phi) is 4.54. The molecule has 0 aliphatic carbocycles. The first-order valence-electron chi connectivity index (χ1n) is 6.64. The molecule has 3 atom stereocenters. The summed E-state index contributed by atoms with van der Waals surface area (Å²) in [4.78, 5) is 23.7. The average Bonchev–Trinajstić information content (AvgIpc) is 2.77. The van der Waals surface area contributed by atoms with Crippen LogP contribution in [0.15, 0.2) is 0 Å². The van der Waals surface area contributed by atoms with Crippen LogP contribution >= 0.6 is 0 Å². The lowest BCUT2D eigenvalue weighted by atomic mass is 10.1. The second-order valence-corrected chi connectivity index (χ2v) is 4.91. The minimum absolute atomic E-state index is 0.0243. The molecule has 0 aromatic heterocycles. The standard InChI is InChI=1S/C12H21N3O3/c13-7-8-4-5-10(18-8)12(17)15-9-3-1-2-6-14-11(9)16/h8-10H,1-7,13H2,(H,14,16)(H,15,17)/t8-,9?,10+/m1/s1. The molecule has 18 heavy (non-hydrogen) atoms. The van der Waals surface area contributed by atoms with E-state index in [1.54, 1.807) is 0 Å². The monoisotopic (exact) mass is 255 g/mol. The Morgan fingerprint density at radius 1 is 1.39 bits per heavy atom. The number of hydrogen-bond donors (Lipinski definition) is 3. The first-order valence-corrected chi connectivity index (χ1v) is 6.64. The molecule has 102 valence electrons. The highest BCUT2D eigenvalue weighted by atomic mass is 16.5. The Labute approximate surface area is 107 Å². The van der Waals surface area contributed by atoms with Crippen molar-refractivity contribution in [2.24, 2.45) is 5.73 Å². The Morgan fingerprint density at radius 3 is 2.94 bits per heavy atom. The maximum absolute atomic E-state index is 12.0. The number of ether oxygens (including phenoxy) is 1. The summed E-state index contributed by atoms with van der Waals surface area (Å²) < 4.78 is 5.51. The zero-order valence-electron chi connectivity index (χ0n) is 10.5. The van der Waals surface area contributed by atoms with Gasteiger partial charge in [0.25, 0.3) is 0 Å². The first-order chi connectivity index (χ1) is 8.70. The molecule has 0 aromatic carbocycles. The molecule has 2 fully saturated rings. The predicted molar refractivity (Wildman–Crippen MR) is 65.7 cm³/mol. The van der Waals surface area contributed by atoms with E-state index in [1.165, 1.54) is 0 Å². The van der Waals surface area contributed by atoms with Gasteiger partial charge in [-0.3, -0.25) is 9.59 Å². The quantitative estimate of drug-likeness (QED) is 0.620. The van der Waals surface area contributed by atoms with E-state index in [1.807, 2.05) is 0 Å². The fourth-order valence-electron chi connectivity index (χ4n) is 2.41. The lowest BCUT2D eigenvalue weighted by Gasteiger charge is -2.18. The van der Waals surface area contributed by atoms with Gasteiger partial charge in [-0.1, -0.05) is 0 Å². The van der Waals surface area contributed by atoms with Crippen LogP contribution in [0.4, 0.5) is 0 Å². The number of nitrogens with one attached hydrogen (secondary N) is 2. The third kappa shape index (κ3) is 3.20. The van der Waals surface area contributed by atoms with E-state index >= 15 is 0 Å². The highest BCUT2D eigenvalue weighted by molar-refractivity contribution is 5.89. The van der Waals surface area contributed by atoms with Crippen molar-refractivity contribution in [3.8, 4) is 0 Å². The summed E-state index contributed by atoms with van der Waals surface area (Å²) >= 11 is 0. The van der Waals surface area contributed by atoms with Gasteiger partial charge < -0.3 is 21.1 Å². The largest absolute Gasteiger partial charge is 0.364 e. The highest BCUT2D eigenvalue weighted by Gasteiger charge is 2.32. The zero-order valence-corrected chi connectivity index (χ0v) is 10.5. The molecule has 2 amide bonds. The summed E-state index contributed by atoms with van der Waals surface area (Å²) in [6.45, 7) is 1.13. The number of hydrogen-bond acceptors (Lipinski definition) is 4. The van der Waals surface area contributed by atoms with Gasteiger partial charge in [0.15, 0.2) is 0 Å². The maximum Gasteiger partial charge on any atom is 0.249 e. The third-order valence-corrected chi connectivity index (χ3v) is 3.51. The topological polar surface area (TPSA) is 93.5 Å². The van der Waals surface area contributed by atoms with Crippen LogP contribution in [0, 0.1) is 0 Å². The fourth-order valence-corrected chi connectivity index (χ4v) is 2.41. The van der Waals surface area contributed by atoms with Crippen LogP contribution in [0.25, 0.3) is 0 Å². The van der Waals surface area contributed by atoms with Crippen LogP contribution < -0.4 is 16.4 Å². The Morgan fingerprint density at radius 2 is 2.22 bits per heavy atom. The molecule has 0 bridgehead atoms. The zero-order chi connectivity index (χ0) is 13.0. The van der Waals surface area contributed by atoms with E-state index in [-0.39, 0.29) is 17.9 Å². The van der Waals surface area contributed by atoms with Crippen molar-refractivity contribution < 1.29 is 14.3 Å². The average molecular weight is 255 g/mol. The van der Waals surface area contributed by atoms with Crippen molar-refractivity contribution in [1.82, 2.24) is 10.6 Å². The van der Waals surface area contributed by atoms with E-state index in [0.717, 1.165) is 19.3 Å². The molecule has 2 aliphatic heterocycles. The maximum atomic E-state index is 12.0. The summed E-state index contributed by atoms with van der Waals surface area (Å²) in [7, 11) is 0. The van der Waals surface area contributed by atoms with Gasteiger partial charge in [-0.25, -0.2) is 0 Å². The molecule has 4 N–H and O–H groups in total. The molecule has 0 saturated carbocycles. The third-order valence-electron chi connectivity index (χ3n) is 3.51. The highest BCUT2D eigenvalue weighted by Crippen LogP contribution is 2.19. The minimum Gasteiger partial charge on any atom is -0.364 e. The van der Waals surface area contributed by atoms with Crippen LogP contribution in [0.5, 0.6) is 0 Å². The molecule has 2 heterocycles. The lowest BCUT2D eigenvalue weighted by molar-refractivity contribution is -0.135. The summed E-state index contributed by atoms with van der Waals surface area (Å²) in [6, 6.07) is -0.416. The van der Waals surface area contributed by atoms with Crippen LogP contribution in [-0.2, 0) is 14.3 Å². The van der Waals surface area contributed by atoms with Gasteiger partial charge in [0.2, 0.25) is 11.8 Å². The molecule has 2 rings (SSSR count). The number of carbonyl (C=O) groups excluding carboxylic acids is 2. The van der Waals surface area contributed by atoms with Crippen molar-refractivity contribution in [3.05, 3.63) is 0 Å². The Hall–Kier alpha value is -1.14. The van der Waals surface area contributed by atoms with Crippen molar-refractivity contribution in [3.63, 3.8) is 0 Å². The Bertz CT molecular complexity index is 322. The smallest absolute Gasteiger partial charge is 0.249 e. The predicted octanol–water partition coefficient (Wildman–Crippen LogP) is -0.722. The van der Waals surface area contributed by atoms with Gasteiger partial charge in [0.05, 0.1) is 6.10 Å². The summed E-state index contributed by atoms with van der Waals surface area (Å²) in [5.74, 6) is -0.276. The van der Waals surface area contributed by atoms with Gasteiger partial charge >= 0.3 is 0 Å². The normalized spacial score (nSPS) is 32.7. The van der Waals surface area contributed by atoms with Gasteiger partial charge in [-0.05, 0) is 32.1 Å². The van der Waals surface area contributed by atoms with Gasteiger partial charge in [0, 0.05) is 13.1 Å². The van der Waals surface area contributed by atoms with E-state index in [0.29, 0.717) is 25.9 Å². The summed E-state index contributed by atoms with van der Waals surface area (Å²) in [5.41, 5.74) is 5.50. The van der Waals surface area contributed by atoms with E-state index in [9.17, 15) is 9.59 Å². The fraction of sp³-hybridized carbons (Fsp3) is 0.833. The van der Waals surface area contributed by atoms with Gasteiger partial charge in [-0.2, -0.15) is 0 Å². The summed E-state index contributed by atoms with van der Waals surface area (Å²) in [6.07, 6.45) is 3.63. The molecule has 2 saturated heterocycles. The number of nitrogens with two attached hydrogens (primary N) is 1. The van der Waals surface area contributed by atoms with Crippen LogP contribution in [-0.4, -0.2) is 43.2 Å². The van der Waals surface area contributed by atoms with Gasteiger partial charge in [0.1, 0.15) is 12.1 Å². The molecule has 0 aromatic rings. The Balaban J connectivity index is 1.84. The van der Waals surface area contributed by atoms with Crippen LogP contribution in [0.2, 0.25) is 0 Å². The molecule has 1 unspecified atom stereocenters. The molecule has 2 aliphatic rings. The van der Waals surface area contributed by atoms with Crippen molar-refractivity contribution in [2.75, 3.05) is 13.1 Å². The second kappa shape index (κ2) is 6.15. The molecular weight excluding hydrogens is 234 g/mol. The van der Waals surface area contributed by atoms with Crippen LogP contribution in [0.3, 0.4) is 0 Å². The molecule has 0 spiro atoms. The van der Waals surface area contributed by atoms with Gasteiger partial charge in [-0.15, -0.1) is 0 Å². The van der Waals surface area contributed by atoms with E-state index < -0.39 is 12.1 Å². The van der Waals surface area contributed by atoms with Crippen LogP contribution in [0.1, 0.15) is 32.1 Å². The number of amides is 2. The molecule has 6 heteroatoms. The van der Waals surface area contributed by atoms with E-state index in [2.05, 4.69) is 10.6 Å². The number of carbonyl (C=O) groups is 2. The van der Waals surface area contributed by atoms with E-state index in [4.69, 9.17) is 10.5 Å². The number of rotatable bonds is 3. The van der Waals surface area contributed by atoms with Crippen molar-refractivity contribution in [1.29, 1.82) is 0 Å². The second-order valence-electron chi connectivity index (χ2n) is 4.91. The van der Waals surface area contributed by atoms with Crippen molar-refractivity contribution >= 4 is 11.8 Å². The molecule has 6 nitrogen and oxygen atoms in total. The summed E-state index contributed by atoms with van der Waals surface area (Å²) in [5, 5.41) is 5.57. The SMILES string of the molecule is NC[C@H]1CC[C@@H](C(=O)NC2CCCCNC2=O)O1. The molecular formula is C12H21N3O3. The molecule has 0 radical (unpaired) electrons. The minimum atomic E-state index is -0.449. The first kappa shape index (κ1) is 13.3. The lowest BCUT2D eigenvalue weighted by Crippen LogP contribution is -2.48. The van der Waals surface area contributed by atoms with Crippen molar-refractivity contribution in [2.45, 2.75) is 50.4 Å².